The summed E-state index contributed by atoms with van der Waals surface area (Å²) in [5.41, 5.74) is 1.75. The highest BCUT2D eigenvalue weighted by Crippen LogP contribution is 2.29. The van der Waals surface area contributed by atoms with Gasteiger partial charge in [0.1, 0.15) is 11.5 Å². The first-order chi connectivity index (χ1) is 14.6. The van der Waals surface area contributed by atoms with Crippen LogP contribution in [0.15, 0.2) is 47.4 Å². The van der Waals surface area contributed by atoms with Crippen LogP contribution in [0.4, 0.5) is 0 Å². The number of thioether (sulfide) groups is 1. The summed E-state index contributed by atoms with van der Waals surface area (Å²) in [6.45, 7) is 7.87. The van der Waals surface area contributed by atoms with E-state index in [9.17, 15) is 4.79 Å². The fourth-order valence-electron chi connectivity index (χ4n) is 3.08. The molecule has 0 aliphatic carbocycles. The van der Waals surface area contributed by atoms with Gasteiger partial charge in [-0.25, -0.2) is 0 Å². The normalized spacial score (nSPS) is 10.8. The van der Waals surface area contributed by atoms with Crippen LogP contribution in [0, 0.1) is 6.92 Å². The SMILES string of the molecule is CCCCCCCCOc1ccc(SC(=O)c2ccc(OCCCC)cc2)c(C)c1. The Kier molecular flexibility index (Phi) is 11.5. The summed E-state index contributed by atoms with van der Waals surface area (Å²) >= 11 is 1.26. The molecule has 0 fully saturated rings. The number of carbonyl (C=O) groups is 1. The third-order valence-corrected chi connectivity index (χ3v) is 6.07. The largest absolute Gasteiger partial charge is 0.494 e. The van der Waals surface area contributed by atoms with Crippen molar-refractivity contribution in [1.82, 2.24) is 0 Å². The zero-order valence-electron chi connectivity index (χ0n) is 18.7. The molecule has 0 aliphatic rings. The lowest BCUT2D eigenvalue weighted by atomic mass is 10.1. The summed E-state index contributed by atoms with van der Waals surface area (Å²) in [5.74, 6) is 1.69. The Balaban J connectivity index is 1.80. The van der Waals surface area contributed by atoms with Crippen LogP contribution in [-0.4, -0.2) is 18.3 Å². The first kappa shape index (κ1) is 24.3. The highest BCUT2D eigenvalue weighted by Gasteiger charge is 2.11. The van der Waals surface area contributed by atoms with Crippen molar-refractivity contribution in [1.29, 1.82) is 0 Å². The first-order valence-corrected chi connectivity index (χ1v) is 12.1. The Bertz CT molecular complexity index is 755. The predicted octanol–water partition coefficient (Wildman–Crippen LogP) is 7.85. The van der Waals surface area contributed by atoms with Crippen molar-refractivity contribution < 1.29 is 14.3 Å². The number of benzene rings is 2. The minimum absolute atomic E-state index is 0.0407. The first-order valence-electron chi connectivity index (χ1n) is 11.3. The van der Waals surface area contributed by atoms with Gasteiger partial charge in [-0.3, -0.25) is 4.79 Å². The van der Waals surface area contributed by atoms with Crippen molar-refractivity contribution in [2.75, 3.05) is 13.2 Å². The number of ether oxygens (including phenoxy) is 2. The second-order valence-electron chi connectivity index (χ2n) is 7.66. The Morgan fingerprint density at radius 1 is 0.767 bits per heavy atom. The number of rotatable bonds is 14. The lowest BCUT2D eigenvalue weighted by Gasteiger charge is -2.10. The second-order valence-corrected chi connectivity index (χ2v) is 8.67. The van der Waals surface area contributed by atoms with E-state index in [-0.39, 0.29) is 5.12 Å². The van der Waals surface area contributed by atoms with Crippen molar-refractivity contribution in [3.8, 4) is 11.5 Å². The van der Waals surface area contributed by atoms with E-state index in [0.717, 1.165) is 47.8 Å². The molecule has 164 valence electrons. The highest BCUT2D eigenvalue weighted by molar-refractivity contribution is 8.14. The lowest BCUT2D eigenvalue weighted by Crippen LogP contribution is -1.99. The number of hydrogen-bond donors (Lipinski definition) is 0. The van der Waals surface area contributed by atoms with Crippen LogP contribution >= 0.6 is 11.8 Å². The zero-order chi connectivity index (χ0) is 21.6. The molecule has 0 saturated carbocycles. The number of unbranched alkanes of at least 4 members (excludes halogenated alkanes) is 6. The van der Waals surface area contributed by atoms with E-state index in [1.54, 1.807) is 0 Å². The molecular formula is C26H36O3S. The molecule has 3 nitrogen and oxygen atoms in total. The summed E-state index contributed by atoms with van der Waals surface area (Å²) in [6, 6.07) is 13.4. The van der Waals surface area contributed by atoms with Crippen molar-refractivity contribution in [3.63, 3.8) is 0 Å². The van der Waals surface area contributed by atoms with Crippen LogP contribution in [0.25, 0.3) is 0 Å². The molecule has 0 amide bonds. The van der Waals surface area contributed by atoms with E-state index < -0.39 is 0 Å². The summed E-state index contributed by atoms with van der Waals surface area (Å²) < 4.78 is 11.5. The molecule has 0 heterocycles. The van der Waals surface area contributed by atoms with Gasteiger partial charge in [0.15, 0.2) is 0 Å². The fourth-order valence-corrected chi connectivity index (χ4v) is 3.89. The van der Waals surface area contributed by atoms with Gasteiger partial charge in [0.25, 0.3) is 0 Å². The van der Waals surface area contributed by atoms with Gasteiger partial charge in [-0.1, -0.05) is 52.4 Å². The van der Waals surface area contributed by atoms with E-state index in [1.807, 2.05) is 49.4 Å². The van der Waals surface area contributed by atoms with E-state index in [1.165, 1.54) is 43.9 Å². The van der Waals surface area contributed by atoms with Gasteiger partial charge in [-0.05, 0) is 79.6 Å². The summed E-state index contributed by atoms with van der Waals surface area (Å²) in [7, 11) is 0. The smallest absolute Gasteiger partial charge is 0.224 e. The standard InChI is InChI=1S/C26H36O3S/c1-4-6-8-9-10-11-19-29-24-16-17-25(21(3)20-24)30-26(27)22-12-14-23(15-13-22)28-18-7-5-2/h12-17,20H,4-11,18-19H2,1-3H3. The molecule has 2 rings (SSSR count). The molecule has 0 saturated heterocycles. The molecule has 0 bridgehead atoms. The molecule has 30 heavy (non-hydrogen) atoms. The van der Waals surface area contributed by atoms with Crippen LogP contribution in [0.5, 0.6) is 11.5 Å². The van der Waals surface area contributed by atoms with Gasteiger partial charge in [0, 0.05) is 10.5 Å². The average molecular weight is 429 g/mol. The van der Waals surface area contributed by atoms with Gasteiger partial charge in [0.05, 0.1) is 13.2 Å². The van der Waals surface area contributed by atoms with E-state index >= 15 is 0 Å². The summed E-state index contributed by atoms with van der Waals surface area (Å²) in [6.07, 6.45) is 9.68. The monoisotopic (exact) mass is 428 g/mol. The van der Waals surface area contributed by atoms with Gasteiger partial charge in [0.2, 0.25) is 5.12 Å². The van der Waals surface area contributed by atoms with Crippen molar-refractivity contribution in [2.45, 2.75) is 77.0 Å². The molecule has 4 heteroatoms. The minimum Gasteiger partial charge on any atom is -0.494 e. The van der Waals surface area contributed by atoms with E-state index in [2.05, 4.69) is 13.8 Å². The van der Waals surface area contributed by atoms with Gasteiger partial charge >= 0.3 is 0 Å². The zero-order valence-corrected chi connectivity index (χ0v) is 19.6. The molecule has 0 radical (unpaired) electrons. The molecule has 0 aliphatic heterocycles. The van der Waals surface area contributed by atoms with Crippen molar-refractivity contribution in [2.24, 2.45) is 0 Å². The molecular weight excluding hydrogens is 392 g/mol. The van der Waals surface area contributed by atoms with E-state index in [0.29, 0.717) is 12.2 Å². The number of carbonyl (C=O) groups excluding carboxylic acids is 1. The third-order valence-electron chi connectivity index (χ3n) is 4.97. The molecule has 0 unspecified atom stereocenters. The molecule has 0 spiro atoms. The molecule has 2 aromatic rings. The Labute approximate surface area is 186 Å². The maximum absolute atomic E-state index is 12.6. The lowest BCUT2D eigenvalue weighted by molar-refractivity contribution is 0.108. The predicted molar refractivity (Wildman–Crippen MR) is 127 cm³/mol. The average Bonchev–Trinajstić information content (AvgIpc) is 2.75. The second kappa shape index (κ2) is 14.1. The number of hydrogen-bond acceptors (Lipinski definition) is 4. The van der Waals surface area contributed by atoms with Crippen molar-refractivity contribution >= 4 is 16.9 Å². The Morgan fingerprint density at radius 3 is 2.07 bits per heavy atom. The van der Waals surface area contributed by atoms with Gasteiger partial charge in [-0.15, -0.1) is 0 Å². The minimum atomic E-state index is 0.0407. The van der Waals surface area contributed by atoms with Crippen molar-refractivity contribution in [3.05, 3.63) is 53.6 Å². The summed E-state index contributed by atoms with van der Waals surface area (Å²) in [4.78, 5) is 13.6. The van der Waals surface area contributed by atoms with Crippen LogP contribution in [0.2, 0.25) is 0 Å². The maximum atomic E-state index is 12.6. The molecule has 2 aromatic carbocycles. The Hall–Kier alpha value is -1.94. The number of aryl methyl sites for hydroxylation is 1. The maximum Gasteiger partial charge on any atom is 0.224 e. The summed E-state index contributed by atoms with van der Waals surface area (Å²) in [5, 5.41) is 0.0407. The molecule has 0 aromatic heterocycles. The van der Waals surface area contributed by atoms with Crippen LogP contribution < -0.4 is 9.47 Å². The Morgan fingerprint density at radius 2 is 1.37 bits per heavy atom. The fraction of sp³-hybridized carbons (Fsp3) is 0.500. The van der Waals surface area contributed by atoms with Crippen LogP contribution in [0.3, 0.4) is 0 Å². The van der Waals surface area contributed by atoms with Crippen LogP contribution in [-0.2, 0) is 0 Å². The van der Waals surface area contributed by atoms with Gasteiger partial charge in [-0.2, -0.15) is 0 Å². The highest BCUT2D eigenvalue weighted by atomic mass is 32.2. The molecule has 0 atom stereocenters. The third kappa shape index (κ3) is 8.83. The quantitative estimate of drug-likeness (QED) is 0.227. The molecule has 0 N–H and O–H groups in total. The van der Waals surface area contributed by atoms with Gasteiger partial charge < -0.3 is 9.47 Å². The van der Waals surface area contributed by atoms with Crippen LogP contribution in [0.1, 0.15) is 81.1 Å². The topological polar surface area (TPSA) is 35.5 Å². The van der Waals surface area contributed by atoms with E-state index in [4.69, 9.17) is 9.47 Å².